The average Bonchev–Trinajstić information content (AvgIpc) is 3.27. The van der Waals surface area contributed by atoms with Gasteiger partial charge in [0, 0.05) is 49.6 Å². The van der Waals surface area contributed by atoms with Crippen molar-refractivity contribution in [2.75, 3.05) is 18.4 Å². The topological polar surface area (TPSA) is 87.5 Å². The maximum Gasteiger partial charge on any atom is 0.317 e. The van der Waals surface area contributed by atoms with E-state index in [1.807, 2.05) is 21.7 Å². The Labute approximate surface area is 225 Å². The lowest BCUT2D eigenvalue weighted by Gasteiger charge is -2.57. The Hall–Kier alpha value is -2.68. The van der Waals surface area contributed by atoms with Gasteiger partial charge in [0.05, 0.1) is 16.4 Å². The van der Waals surface area contributed by atoms with E-state index in [-0.39, 0.29) is 17.5 Å². The monoisotopic (exact) mass is 563 g/mol. The third-order valence-electron chi connectivity index (χ3n) is 9.18. The summed E-state index contributed by atoms with van der Waals surface area (Å²) in [6.45, 7) is 2.17. The highest BCUT2D eigenvalue weighted by Gasteiger charge is 2.52. The first-order chi connectivity index (χ1) is 18.0. The zero-order chi connectivity index (χ0) is 25.0. The minimum Gasteiger partial charge on any atom is -0.366 e. The molecule has 0 spiro atoms. The Morgan fingerprint density at radius 2 is 1.92 bits per heavy atom. The van der Waals surface area contributed by atoms with Crippen LogP contribution in [0.1, 0.15) is 68.5 Å². The first-order valence-electron chi connectivity index (χ1n) is 13.8. The fourth-order valence-electron chi connectivity index (χ4n) is 7.96. The minimum atomic E-state index is 0.0434. The maximum absolute atomic E-state index is 13.6. The van der Waals surface area contributed by atoms with Crippen LogP contribution in [0.2, 0.25) is 0 Å². The van der Waals surface area contributed by atoms with Gasteiger partial charge in [0.25, 0.3) is 0 Å². The van der Waals surface area contributed by atoms with Crippen LogP contribution in [-0.4, -0.2) is 49.1 Å². The fourth-order valence-corrected chi connectivity index (χ4v) is 8.31. The van der Waals surface area contributed by atoms with Gasteiger partial charge in [-0.2, -0.15) is 9.61 Å². The summed E-state index contributed by atoms with van der Waals surface area (Å²) in [4.78, 5) is 24.8. The van der Waals surface area contributed by atoms with Crippen molar-refractivity contribution in [1.29, 1.82) is 0 Å². The molecule has 37 heavy (non-hydrogen) atoms. The van der Waals surface area contributed by atoms with Gasteiger partial charge in [0.15, 0.2) is 5.65 Å². The molecule has 1 unspecified atom stereocenters. The number of pyridine rings is 1. The van der Waals surface area contributed by atoms with Crippen molar-refractivity contribution in [1.82, 2.24) is 29.8 Å². The second-order valence-electron chi connectivity index (χ2n) is 11.9. The zero-order valence-corrected chi connectivity index (χ0v) is 22.7. The summed E-state index contributed by atoms with van der Waals surface area (Å²) >= 11 is 3.62. The van der Waals surface area contributed by atoms with E-state index in [0.717, 1.165) is 64.3 Å². The predicted octanol–water partition coefficient (Wildman–Crippen LogP) is 5.36. The van der Waals surface area contributed by atoms with E-state index < -0.39 is 0 Å². The third-order valence-corrected chi connectivity index (χ3v) is 9.74. The number of carbonyl (C=O) groups is 1. The van der Waals surface area contributed by atoms with E-state index in [2.05, 4.69) is 48.8 Å². The fraction of sp³-hybridized carbons (Fsp3) is 0.571. The number of nitrogens with zero attached hydrogens (tertiary/aromatic N) is 5. The van der Waals surface area contributed by atoms with Crippen molar-refractivity contribution in [3.8, 4) is 0 Å². The molecule has 2 N–H and O–H groups in total. The van der Waals surface area contributed by atoms with Crippen LogP contribution in [0.5, 0.6) is 0 Å². The molecule has 0 aromatic carbocycles. The number of aromatic nitrogens is 4. The Kier molecular flexibility index (Phi) is 5.86. The van der Waals surface area contributed by atoms with E-state index in [9.17, 15) is 4.79 Å². The van der Waals surface area contributed by atoms with E-state index in [0.29, 0.717) is 13.1 Å². The number of urea groups is 1. The van der Waals surface area contributed by atoms with Gasteiger partial charge in [-0.25, -0.2) is 9.78 Å². The number of hydrogen-bond acceptors (Lipinski definition) is 5. The number of amides is 2. The molecule has 2 amide bonds. The van der Waals surface area contributed by atoms with E-state index >= 15 is 0 Å². The number of likely N-dealkylation sites (tertiary alicyclic amines) is 1. The van der Waals surface area contributed by atoms with Gasteiger partial charge >= 0.3 is 6.03 Å². The molecule has 8 nitrogen and oxygen atoms in total. The summed E-state index contributed by atoms with van der Waals surface area (Å²) in [6, 6.07) is 6.24. The first kappa shape index (κ1) is 23.4. The molecular formula is C28H34BrN7O. The molecule has 8 rings (SSSR count). The van der Waals surface area contributed by atoms with Gasteiger partial charge in [0.1, 0.15) is 5.82 Å². The number of nitrogens with one attached hydrogen (secondary N) is 2. The Bertz CT molecular complexity index is 1270. The van der Waals surface area contributed by atoms with Gasteiger partial charge in [-0.1, -0.05) is 6.07 Å². The van der Waals surface area contributed by atoms with E-state index in [4.69, 9.17) is 4.98 Å². The normalized spacial score (nSPS) is 30.6. The number of hydrogen-bond donors (Lipinski definition) is 2. The maximum atomic E-state index is 13.6. The summed E-state index contributed by atoms with van der Waals surface area (Å²) in [6.07, 6.45) is 15.2. The number of fused-ring (bicyclic) bond motifs is 1. The summed E-state index contributed by atoms with van der Waals surface area (Å²) < 4.78 is 2.70. The van der Waals surface area contributed by atoms with Crippen molar-refractivity contribution in [3.05, 3.63) is 52.5 Å². The molecule has 4 heterocycles. The van der Waals surface area contributed by atoms with Crippen molar-refractivity contribution in [3.63, 3.8) is 0 Å². The Morgan fingerprint density at radius 1 is 1.14 bits per heavy atom. The van der Waals surface area contributed by atoms with Crippen LogP contribution in [-0.2, 0) is 6.54 Å². The standard InChI is InChI=1S/C28H34BrN7O/c29-23-16-32-36-25(31-15-18-3-1-5-30-14-18)10-24(33-26(23)36)22-4-2-6-35(17-22)27(37)34-28-11-19-7-20(12-28)9-21(8-19)13-28/h1,3,5,10,14,16,19-22,31H,2,4,6-9,11-13,15,17H2,(H,34,37). The van der Waals surface area contributed by atoms with Crippen molar-refractivity contribution in [2.45, 2.75) is 69.4 Å². The lowest BCUT2D eigenvalue weighted by Crippen LogP contribution is -2.62. The van der Waals surface area contributed by atoms with Gasteiger partial charge in [-0.15, -0.1) is 0 Å². The Morgan fingerprint density at radius 3 is 2.65 bits per heavy atom. The first-order valence-corrected chi connectivity index (χ1v) is 14.6. The lowest BCUT2D eigenvalue weighted by molar-refractivity contribution is -0.0160. The highest BCUT2D eigenvalue weighted by Crippen LogP contribution is 2.55. The van der Waals surface area contributed by atoms with Gasteiger partial charge in [-0.3, -0.25) is 4.98 Å². The number of halogens is 1. The second-order valence-corrected chi connectivity index (χ2v) is 12.8. The molecule has 4 bridgehead atoms. The van der Waals surface area contributed by atoms with Crippen LogP contribution in [0.15, 0.2) is 41.3 Å². The molecule has 3 aromatic heterocycles. The van der Waals surface area contributed by atoms with Crippen molar-refractivity contribution >= 4 is 33.4 Å². The Balaban J connectivity index is 1.09. The van der Waals surface area contributed by atoms with Gasteiger partial charge < -0.3 is 15.5 Å². The highest BCUT2D eigenvalue weighted by molar-refractivity contribution is 9.10. The molecular weight excluding hydrogens is 530 g/mol. The molecule has 5 fully saturated rings. The van der Waals surface area contributed by atoms with Crippen LogP contribution in [0.3, 0.4) is 0 Å². The SMILES string of the molecule is O=C(NC12CC3CC(CC(C3)C1)C2)N1CCCC(c2cc(NCc3cccnc3)n3ncc(Br)c3n2)C1. The number of anilines is 1. The van der Waals surface area contributed by atoms with Gasteiger partial charge in [-0.05, 0) is 96.7 Å². The van der Waals surface area contributed by atoms with E-state index in [1.165, 1.54) is 38.5 Å². The smallest absolute Gasteiger partial charge is 0.317 e. The largest absolute Gasteiger partial charge is 0.366 e. The minimum absolute atomic E-state index is 0.0434. The summed E-state index contributed by atoms with van der Waals surface area (Å²) in [5.74, 6) is 3.56. The van der Waals surface area contributed by atoms with Crippen LogP contribution < -0.4 is 10.6 Å². The molecule has 0 radical (unpaired) electrons. The molecule has 194 valence electrons. The van der Waals surface area contributed by atoms with Gasteiger partial charge in [0.2, 0.25) is 0 Å². The highest BCUT2D eigenvalue weighted by atomic mass is 79.9. The average molecular weight is 565 g/mol. The molecule has 1 atom stereocenters. The van der Waals surface area contributed by atoms with Crippen molar-refractivity contribution < 1.29 is 4.79 Å². The summed E-state index contributed by atoms with van der Waals surface area (Å²) in [5.41, 5.74) is 2.95. The predicted molar refractivity (Wildman–Crippen MR) is 145 cm³/mol. The van der Waals surface area contributed by atoms with Crippen LogP contribution >= 0.6 is 15.9 Å². The second kappa shape index (κ2) is 9.26. The van der Waals surface area contributed by atoms with E-state index in [1.54, 1.807) is 12.4 Å². The molecule has 4 aliphatic carbocycles. The van der Waals surface area contributed by atoms with Crippen LogP contribution in [0.25, 0.3) is 5.65 Å². The quantitative estimate of drug-likeness (QED) is 0.436. The number of carbonyl (C=O) groups excluding carboxylic acids is 1. The zero-order valence-electron chi connectivity index (χ0n) is 21.1. The lowest BCUT2D eigenvalue weighted by atomic mass is 9.53. The molecule has 9 heteroatoms. The number of rotatable bonds is 5. The summed E-state index contributed by atoms with van der Waals surface area (Å²) in [5, 5.41) is 11.6. The molecule has 5 aliphatic rings. The molecule has 4 saturated carbocycles. The molecule has 3 aromatic rings. The van der Waals surface area contributed by atoms with Crippen molar-refractivity contribution in [2.24, 2.45) is 17.8 Å². The van der Waals surface area contributed by atoms with Crippen LogP contribution in [0, 0.1) is 17.8 Å². The molecule has 1 aliphatic heterocycles. The summed E-state index contributed by atoms with van der Waals surface area (Å²) in [7, 11) is 0. The van der Waals surface area contributed by atoms with Crippen LogP contribution in [0.4, 0.5) is 10.6 Å². The third kappa shape index (κ3) is 4.49. The molecule has 1 saturated heterocycles. The number of piperidine rings is 1.